The lowest BCUT2D eigenvalue weighted by Gasteiger charge is -2.36. The molecule has 0 fully saturated rings. The van der Waals surface area contributed by atoms with Crippen LogP contribution in [0.3, 0.4) is 0 Å². The Bertz CT molecular complexity index is 1920. The van der Waals surface area contributed by atoms with Crippen LogP contribution in [0.1, 0.15) is 88.9 Å². The molecule has 3 aliphatic rings. The third kappa shape index (κ3) is 2.68. The van der Waals surface area contributed by atoms with E-state index in [-0.39, 0.29) is 23.7 Å². The van der Waals surface area contributed by atoms with Crippen LogP contribution < -0.4 is 0 Å². The molecule has 0 saturated heterocycles. The molecule has 0 aliphatic heterocycles. The Morgan fingerprint density at radius 3 is 1.07 bits per heavy atom. The van der Waals surface area contributed by atoms with E-state index < -0.39 is 0 Å². The molecule has 0 heterocycles. The minimum absolute atomic E-state index is 0.00304. The van der Waals surface area contributed by atoms with E-state index in [1.807, 2.05) is 12.1 Å². The maximum absolute atomic E-state index is 12.1. The van der Waals surface area contributed by atoms with Crippen molar-refractivity contribution in [2.45, 2.75) is 23.7 Å². The zero-order valence-corrected chi connectivity index (χ0v) is 21.7. The number of benzene rings is 6. The van der Waals surface area contributed by atoms with Crippen LogP contribution in [0.25, 0.3) is 21.5 Å². The lowest BCUT2D eigenvalue weighted by Crippen LogP contribution is -2.22. The summed E-state index contributed by atoms with van der Waals surface area (Å²) < 4.78 is 0. The van der Waals surface area contributed by atoms with E-state index in [2.05, 4.69) is 97.1 Å². The van der Waals surface area contributed by atoms with Crippen molar-refractivity contribution in [1.29, 1.82) is 0 Å². The average Bonchev–Trinajstić information content (AvgIpc) is 3.15. The van der Waals surface area contributed by atoms with Gasteiger partial charge < -0.3 is 0 Å². The molecule has 40 heavy (non-hydrogen) atoms. The molecule has 188 valence electrons. The van der Waals surface area contributed by atoms with E-state index in [0.29, 0.717) is 11.1 Å². The normalized spacial score (nSPS) is 21.2. The predicted octanol–water partition coefficient (Wildman–Crippen LogP) is 8.49. The number of aldehydes is 2. The minimum atomic E-state index is 0.00304. The Kier molecular flexibility index (Phi) is 4.33. The summed E-state index contributed by atoms with van der Waals surface area (Å²) in [5.41, 5.74) is 11.7. The van der Waals surface area contributed by atoms with Crippen LogP contribution in [0.15, 0.2) is 109 Å². The maximum atomic E-state index is 12.1. The molecule has 0 aromatic heterocycles. The highest BCUT2D eigenvalue weighted by Crippen LogP contribution is 2.62. The fraction of sp³-hybridized carbons (Fsp3) is 0.105. The first-order valence-corrected chi connectivity index (χ1v) is 14.0. The van der Waals surface area contributed by atoms with Gasteiger partial charge in [-0.3, -0.25) is 9.59 Å². The van der Waals surface area contributed by atoms with Crippen LogP contribution in [0.5, 0.6) is 0 Å². The maximum Gasteiger partial charge on any atom is 0.150 e. The number of fused-ring (bicyclic) bond motifs is 6. The second-order valence-electron chi connectivity index (χ2n) is 11.5. The fourth-order valence-corrected chi connectivity index (χ4v) is 8.38. The SMILES string of the molecule is O=Cc1ccc2c(c1)C1c3cccc4cccc(c34)C2C2c3cc(C=O)ccc3C1c1cccc3cccc2c13. The van der Waals surface area contributed by atoms with Crippen LogP contribution in [-0.2, 0) is 0 Å². The molecular weight excluding hydrogens is 488 g/mol. The van der Waals surface area contributed by atoms with Gasteiger partial charge in [0.15, 0.2) is 0 Å². The summed E-state index contributed by atoms with van der Waals surface area (Å²) in [5, 5.41) is 5.15. The Morgan fingerprint density at radius 2 is 0.725 bits per heavy atom. The third-order valence-corrected chi connectivity index (χ3v) is 9.78. The highest BCUT2D eigenvalue weighted by molar-refractivity contribution is 5.97. The van der Waals surface area contributed by atoms with Gasteiger partial charge >= 0.3 is 0 Å². The van der Waals surface area contributed by atoms with Crippen LogP contribution in [-0.4, -0.2) is 12.6 Å². The number of hydrogen-bond donors (Lipinski definition) is 0. The van der Waals surface area contributed by atoms with Crippen molar-refractivity contribution in [2.75, 3.05) is 0 Å². The van der Waals surface area contributed by atoms with Crippen molar-refractivity contribution in [2.24, 2.45) is 0 Å². The summed E-state index contributed by atoms with van der Waals surface area (Å²) >= 11 is 0. The van der Waals surface area contributed by atoms with Crippen LogP contribution in [0.2, 0.25) is 0 Å². The molecule has 9 rings (SSSR count). The Balaban J connectivity index is 1.58. The molecule has 4 bridgehead atoms. The molecule has 0 amide bonds. The molecule has 0 radical (unpaired) electrons. The van der Waals surface area contributed by atoms with Gasteiger partial charge in [-0.2, -0.15) is 0 Å². The molecule has 3 aliphatic carbocycles. The fourth-order valence-electron chi connectivity index (χ4n) is 8.38. The summed E-state index contributed by atoms with van der Waals surface area (Å²) in [6.45, 7) is 0. The Labute approximate surface area is 231 Å². The molecule has 0 saturated carbocycles. The third-order valence-electron chi connectivity index (χ3n) is 9.78. The standard InChI is InChI=1S/C38H24O2/c39-19-21-13-15-25-31(17-21)38-29-11-3-7-23-5-1-9-27(33(23)29)35(25)37-30-12-4-8-24-6-2-10-28(34(24)30)36(38)26-16-14-22(20-40)18-32(26)37/h1-20,35-38H. The van der Waals surface area contributed by atoms with E-state index in [0.717, 1.165) is 12.6 Å². The molecular formula is C38H24O2. The van der Waals surface area contributed by atoms with Gasteiger partial charge in [0.05, 0.1) is 0 Å². The summed E-state index contributed by atoms with van der Waals surface area (Å²) in [6.07, 6.45) is 1.95. The second kappa shape index (κ2) is 7.86. The van der Waals surface area contributed by atoms with Gasteiger partial charge in [-0.1, -0.05) is 97.1 Å². The molecule has 4 atom stereocenters. The first kappa shape index (κ1) is 22.0. The van der Waals surface area contributed by atoms with Crippen molar-refractivity contribution in [3.05, 3.63) is 165 Å². The Morgan fingerprint density at radius 1 is 0.375 bits per heavy atom. The van der Waals surface area contributed by atoms with Crippen molar-refractivity contribution in [1.82, 2.24) is 0 Å². The summed E-state index contributed by atoms with van der Waals surface area (Å²) in [5.74, 6) is 0.0411. The van der Waals surface area contributed by atoms with Gasteiger partial charge in [0.1, 0.15) is 12.6 Å². The van der Waals surface area contributed by atoms with Crippen LogP contribution >= 0.6 is 0 Å². The molecule has 0 N–H and O–H groups in total. The zero-order valence-electron chi connectivity index (χ0n) is 21.7. The largest absolute Gasteiger partial charge is 0.298 e. The van der Waals surface area contributed by atoms with Crippen molar-refractivity contribution < 1.29 is 9.59 Å². The van der Waals surface area contributed by atoms with Gasteiger partial charge in [-0.25, -0.2) is 0 Å². The molecule has 6 aromatic carbocycles. The van der Waals surface area contributed by atoms with E-state index >= 15 is 0 Å². The summed E-state index contributed by atoms with van der Waals surface area (Å²) in [7, 11) is 0. The van der Waals surface area contributed by atoms with E-state index in [4.69, 9.17) is 0 Å². The number of rotatable bonds is 2. The van der Waals surface area contributed by atoms with Crippen molar-refractivity contribution in [3.63, 3.8) is 0 Å². The molecule has 0 spiro atoms. The first-order chi connectivity index (χ1) is 19.8. The highest BCUT2D eigenvalue weighted by atomic mass is 16.1. The second-order valence-corrected chi connectivity index (χ2v) is 11.5. The van der Waals surface area contributed by atoms with Crippen LogP contribution in [0, 0.1) is 0 Å². The number of hydrogen-bond acceptors (Lipinski definition) is 2. The van der Waals surface area contributed by atoms with Gasteiger partial charge in [0, 0.05) is 34.8 Å². The predicted molar refractivity (Wildman–Crippen MR) is 159 cm³/mol. The summed E-state index contributed by atoms with van der Waals surface area (Å²) in [4.78, 5) is 24.3. The lowest BCUT2D eigenvalue weighted by molar-refractivity contribution is 0.111. The van der Waals surface area contributed by atoms with Gasteiger partial charge in [0.25, 0.3) is 0 Å². The monoisotopic (exact) mass is 512 g/mol. The van der Waals surface area contributed by atoms with Crippen molar-refractivity contribution >= 4 is 34.1 Å². The molecule has 2 nitrogen and oxygen atoms in total. The van der Waals surface area contributed by atoms with Gasteiger partial charge in [-0.15, -0.1) is 0 Å². The average molecular weight is 513 g/mol. The quantitative estimate of drug-likeness (QED) is 0.218. The zero-order chi connectivity index (χ0) is 26.5. The highest BCUT2D eigenvalue weighted by Gasteiger charge is 2.46. The molecule has 4 unspecified atom stereocenters. The Hall–Kier alpha value is -4.82. The number of carbonyl (C=O) groups excluding carboxylic acids is 2. The smallest absolute Gasteiger partial charge is 0.150 e. The van der Waals surface area contributed by atoms with Crippen molar-refractivity contribution in [3.8, 4) is 0 Å². The van der Waals surface area contributed by atoms with Crippen LogP contribution in [0.4, 0.5) is 0 Å². The minimum Gasteiger partial charge on any atom is -0.298 e. The number of carbonyl (C=O) groups is 2. The summed E-state index contributed by atoms with van der Waals surface area (Å²) in [6, 6.07) is 39.5. The molecule has 2 heteroatoms. The van der Waals surface area contributed by atoms with E-state index in [1.165, 1.54) is 66.1 Å². The molecule has 6 aromatic rings. The lowest BCUT2D eigenvalue weighted by atomic mass is 9.66. The van der Waals surface area contributed by atoms with Gasteiger partial charge in [-0.05, 0) is 78.2 Å². The topological polar surface area (TPSA) is 34.1 Å². The van der Waals surface area contributed by atoms with E-state index in [1.54, 1.807) is 0 Å². The van der Waals surface area contributed by atoms with Gasteiger partial charge in [0.2, 0.25) is 0 Å². The van der Waals surface area contributed by atoms with E-state index in [9.17, 15) is 9.59 Å². The first-order valence-electron chi connectivity index (χ1n) is 14.0.